The van der Waals surface area contributed by atoms with Crippen molar-refractivity contribution in [2.24, 2.45) is 0 Å². The molecule has 2 aromatic rings. The molecule has 0 spiro atoms. The Morgan fingerprint density at radius 2 is 1.96 bits per heavy atom. The lowest BCUT2D eigenvalue weighted by Gasteiger charge is -2.35. The molecule has 1 saturated heterocycles. The van der Waals surface area contributed by atoms with Crippen LogP contribution in [0, 0.1) is 11.3 Å². The van der Waals surface area contributed by atoms with E-state index in [1.165, 1.54) is 5.56 Å². The molecule has 1 atom stereocenters. The summed E-state index contributed by atoms with van der Waals surface area (Å²) in [5.74, 6) is 0.848. The minimum absolute atomic E-state index is 0.208. The Kier molecular flexibility index (Phi) is 6.35. The van der Waals surface area contributed by atoms with Gasteiger partial charge in [-0.05, 0) is 35.9 Å². The van der Waals surface area contributed by atoms with E-state index in [0.717, 1.165) is 44.3 Å². The maximum absolute atomic E-state index is 9.01. The molecule has 0 aromatic heterocycles. The van der Waals surface area contributed by atoms with Crippen LogP contribution >= 0.6 is 11.6 Å². The van der Waals surface area contributed by atoms with Crippen molar-refractivity contribution in [3.8, 4) is 11.8 Å². The molecule has 26 heavy (non-hydrogen) atoms. The van der Waals surface area contributed by atoms with Gasteiger partial charge in [0.15, 0.2) is 0 Å². The predicted octanol–water partition coefficient (Wildman–Crippen LogP) is 3.71. The number of nitriles is 1. The van der Waals surface area contributed by atoms with Gasteiger partial charge in [-0.1, -0.05) is 23.7 Å². The zero-order valence-electron chi connectivity index (χ0n) is 14.7. The lowest BCUT2D eigenvalue weighted by atomic mass is 10.0. The Balaban J connectivity index is 1.76. The van der Waals surface area contributed by atoms with Crippen LogP contribution in [0.2, 0.25) is 5.02 Å². The van der Waals surface area contributed by atoms with Crippen molar-refractivity contribution in [3.63, 3.8) is 0 Å². The fourth-order valence-electron chi connectivity index (χ4n) is 3.10. The molecule has 0 radical (unpaired) electrons. The fourth-order valence-corrected chi connectivity index (χ4v) is 3.33. The molecule has 1 fully saturated rings. The fraction of sp³-hybridized carbons (Fsp3) is 0.350. The third kappa shape index (κ3) is 4.47. The number of halogens is 1. The number of methoxy groups -OCH3 is 1. The highest BCUT2D eigenvalue weighted by Crippen LogP contribution is 2.26. The second-order valence-electron chi connectivity index (χ2n) is 6.12. The minimum atomic E-state index is 0.208. The first kappa shape index (κ1) is 18.5. The molecule has 3 rings (SSSR count). The van der Waals surface area contributed by atoms with Crippen molar-refractivity contribution < 1.29 is 9.47 Å². The number of nitrogens with one attached hydrogen (secondary N) is 1. The predicted molar refractivity (Wildman–Crippen MR) is 103 cm³/mol. The summed E-state index contributed by atoms with van der Waals surface area (Å²) in [7, 11) is 1.67. The molecule has 5 nitrogen and oxygen atoms in total. The first-order valence-electron chi connectivity index (χ1n) is 8.60. The van der Waals surface area contributed by atoms with E-state index in [1.54, 1.807) is 19.2 Å². The molecular formula is C20H22ClN3O2. The van der Waals surface area contributed by atoms with Crippen LogP contribution in [0.25, 0.3) is 0 Å². The van der Waals surface area contributed by atoms with Crippen LogP contribution in [0.3, 0.4) is 0 Å². The molecule has 1 heterocycles. The number of nitrogens with zero attached hydrogens (tertiary/aromatic N) is 2. The molecule has 1 N–H and O–H groups in total. The van der Waals surface area contributed by atoms with E-state index < -0.39 is 0 Å². The van der Waals surface area contributed by atoms with Crippen molar-refractivity contribution in [1.29, 1.82) is 5.26 Å². The summed E-state index contributed by atoms with van der Waals surface area (Å²) in [6.45, 7) is 4.01. The SMILES string of the molecule is COc1ccc(C(CNc2ccc(C#N)c(Cl)c2)N2CCOCC2)cc1. The molecule has 1 aliphatic heterocycles. The third-order valence-electron chi connectivity index (χ3n) is 4.58. The van der Waals surface area contributed by atoms with Crippen LogP contribution in [0.15, 0.2) is 42.5 Å². The Morgan fingerprint density at radius 1 is 1.23 bits per heavy atom. The van der Waals surface area contributed by atoms with Gasteiger partial charge < -0.3 is 14.8 Å². The molecule has 6 heteroatoms. The maximum Gasteiger partial charge on any atom is 0.118 e. The first-order chi connectivity index (χ1) is 12.7. The summed E-state index contributed by atoms with van der Waals surface area (Å²) in [6.07, 6.45) is 0. The Labute approximate surface area is 159 Å². The quantitative estimate of drug-likeness (QED) is 0.838. The van der Waals surface area contributed by atoms with Crippen molar-refractivity contribution in [1.82, 2.24) is 4.90 Å². The summed E-state index contributed by atoms with van der Waals surface area (Å²) in [5.41, 5.74) is 2.61. The van der Waals surface area contributed by atoms with Gasteiger partial charge in [0.1, 0.15) is 11.8 Å². The van der Waals surface area contributed by atoms with E-state index in [-0.39, 0.29) is 6.04 Å². The highest BCUT2D eigenvalue weighted by atomic mass is 35.5. The Bertz CT molecular complexity index is 768. The second kappa shape index (κ2) is 8.91. The van der Waals surface area contributed by atoms with Gasteiger partial charge >= 0.3 is 0 Å². The van der Waals surface area contributed by atoms with Gasteiger partial charge in [0.25, 0.3) is 0 Å². The van der Waals surface area contributed by atoms with E-state index in [9.17, 15) is 0 Å². The molecular weight excluding hydrogens is 350 g/mol. The third-order valence-corrected chi connectivity index (χ3v) is 4.89. The number of anilines is 1. The normalized spacial score (nSPS) is 15.9. The highest BCUT2D eigenvalue weighted by Gasteiger charge is 2.22. The van der Waals surface area contributed by atoms with Crippen LogP contribution in [-0.4, -0.2) is 44.9 Å². The van der Waals surface area contributed by atoms with Crippen LogP contribution in [0.5, 0.6) is 5.75 Å². The highest BCUT2D eigenvalue weighted by molar-refractivity contribution is 6.32. The van der Waals surface area contributed by atoms with Crippen LogP contribution < -0.4 is 10.1 Å². The Morgan fingerprint density at radius 3 is 2.58 bits per heavy atom. The number of benzene rings is 2. The van der Waals surface area contributed by atoms with E-state index in [0.29, 0.717) is 10.6 Å². The van der Waals surface area contributed by atoms with Gasteiger partial charge in [0.05, 0.1) is 37.0 Å². The van der Waals surface area contributed by atoms with E-state index >= 15 is 0 Å². The molecule has 1 aliphatic rings. The van der Waals surface area contributed by atoms with Crippen molar-refractivity contribution in [2.45, 2.75) is 6.04 Å². The van der Waals surface area contributed by atoms with Crippen molar-refractivity contribution in [3.05, 3.63) is 58.6 Å². The molecule has 0 amide bonds. The number of hydrogen-bond acceptors (Lipinski definition) is 5. The van der Waals surface area contributed by atoms with Crippen molar-refractivity contribution >= 4 is 17.3 Å². The van der Waals surface area contributed by atoms with Gasteiger partial charge in [-0.25, -0.2) is 0 Å². The van der Waals surface area contributed by atoms with E-state index in [1.807, 2.05) is 18.2 Å². The molecule has 136 valence electrons. The summed E-state index contributed by atoms with van der Waals surface area (Å²) in [6, 6.07) is 15.9. The lowest BCUT2D eigenvalue weighted by molar-refractivity contribution is 0.0187. The van der Waals surface area contributed by atoms with E-state index in [4.69, 9.17) is 26.3 Å². The van der Waals surface area contributed by atoms with Gasteiger partial charge in [0, 0.05) is 25.3 Å². The van der Waals surface area contributed by atoms with Crippen LogP contribution in [-0.2, 0) is 4.74 Å². The number of ether oxygens (including phenoxy) is 2. The van der Waals surface area contributed by atoms with Gasteiger partial charge in [-0.2, -0.15) is 5.26 Å². The topological polar surface area (TPSA) is 57.5 Å². The van der Waals surface area contributed by atoms with Crippen molar-refractivity contribution in [2.75, 3.05) is 45.3 Å². The average Bonchev–Trinajstić information content (AvgIpc) is 2.69. The number of morpholine rings is 1. The number of rotatable bonds is 6. The summed E-state index contributed by atoms with van der Waals surface area (Å²) in [4.78, 5) is 2.42. The lowest BCUT2D eigenvalue weighted by Crippen LogP contribution is -2.41. The molecule has 1 unspecified atom stereocenters. The molecule has 0 saturated carbocycles. The number of hydrogen-bond donors (Lipinski definition) is 1. The molecule has 0 aliphatic carbocycles. The largest absolute Gasteiger partial charge is 0.497 e. The monoisotopic (exact) mass is 371 g/mol. The average molecular weight is 372 g/mol. The second-order valence-corrected chi connectivity index (χ2v) is 6.53. The minimum Gasteiger partial charge on any atom is -0.497 e. The molecule has 0 bridgehead atoms. The molecule has 2 aromatic carbocycles. The van der Waals surface area contributed by atoms with E-state index in [2.05, 4.69) is 28.4 Å². The summed E-state index contributed by atoms with van der Waals surface area (Å²) in [5, 5.41) is 12.9. The van der Waals surface area contributed by atoms with Gasteiger partial charge in [-0.3, -0.25) is 4.90 Å². The zero-order valence-corrected chi connectivity index (χ0v) is 15.5. The summed E-state index contributed by atoms with van der Waals surface area (Å²) < 4.78 is 10.8. The van der Waals surface area contributed by atoms with Gasteiger partial charge in [-0.15, -0.1) is 0 Å². The summed E-state index contributed by atoms with van der Waals surface area (Å²) >= 11 is 6.14. The smallest absolute Gasteiger partial charge is 0.118 e. The van der Waals surface area contributed by atoms with Crippen LogP contribution in [0.4, 0.5) is 5.69 Å². The van der Waals surface area contributed by atoms with Crippen LogP contribution in [0.1, 0.15) is 17.2 Å². The van der Waals surface area contributed by atoms with Gasteiger partial charge in [0.2, 0.25) is 0 Å². The zero-order chi connectivity index (χ0) is 18.4. The Hall–Kier alpha value is -2.26. The standard InChI is InChI=1S/C20H22ClN3O2/c1-25-18-6-3-15(4-7-18)20(24-8-10-26-11-9-24)14-23-17-5-2-16(13-22)19(21)12-17/h2-7,12,20,23H,8-11,14H2,1H3. The maximum atomic E-state index is 9.01. The first-order valence-corrected chi connectivity index (χ1v) is 8.98.